The molecule has 0 amide bonds. The molecule has 3 N–H and O–H groups in total. The van der Waals surface area contributed by atoms with Gasteiger partial charge in [-0.15, -0.1) is 0 Å². The topological polar surface area (TPSA) is 47.1 Å². The zero-order chi connectivity index (χ0) is 26.4. The van der Waals surface area contributed by atoms with Crippen LogP contribution in [0.4, 0.5) is 5.69 Å². The molecule has 0 saturated carbocycles. The van der Waals surface area contributed by atoms with Crippen LogP contribution in [0.25, 0.3) is 0 Å². The molecular weight excluding hydrogens is 451 g/mol. The summed E-state index contributed by atoms with van der Waals surface area (Å²) in [5.41, 5.74) is 4.06. The van der Waals surface area contributed by atoms with Crippen molar-refractivity contribution in [2.75, 3.05) is 31.2 Å². The Morgan fingerprint density at radius 2 is 1.57 bits per heavy atom. The van der Waals surface area contributed by atoms with Gasteiger partial charge in [0.2, 0.25) is 0 Å². The summed E-state index contributed by atoms with van der Waals surface area (Å²) in [7, 11) is -0.765. The van der Waals surface area contributed by atoms with E-state index in [-0.39, 0.29) is 5.41 Å². The molecule has 0 spiro atoms. The van der Waals surface area contributed by atoms with Crippen LogP contribution in [-0.2, 0) is 9.05 Å². The van der Waals surface area contributed by atoms with E-state index < -0.39 is 8.38 Å². The Morgan fingerprint density at radius 1 is 0.943 bits per heavy atom. The van der Waals surface area contributed by atoms with Crippen LogP contribution in [0, 0.1) is 5.41 Å². The van der Waals surface area contributed by atoms with E-state index in [4.69, 9.17) is 9.05 Å². The average Bonchev–Trinajstić information content (AvgIpc) is 2.89. The Labute approximate surface area is 217 Å². The lowest BCUT2D eigenvalue weighted by Crippen LogP contribution is -2.83. The van der Waals surface area contributed by atoms with Crippen LogP contribution in [0.3, 0.4) is 0 Å². The lowest BCUT2D eigenvalue weighted by molar-refractivity contribution is -0.600. The van der Waals surface area contributed by atoms with Crippen molar-refractivity contribution in [2.45, 2.75) is 74.7 Å². The lowest BCUT2D eigenvalue weighted by Gasteiger charge is -2.29. The van der Waals surface area contributed by atoms with Gasteiger partial charge >= 0.3 is 0 Å². The van der Waals surface area contributed by atoms with Crippen molar-refractivity contribution in [3.63, 3.8) is 0 Å². The number of para-hydroxylation sites is 1. The Hall–Kier alpha value is -1.71. The minimum absolute atomic E-state index is 0.102. The highest BCUT2D eigenvalue weighted by atomic mass is 31.2. The van der Waals surface area contributed by atoms with Gasteiger partial charge < -0.3 is 19.7 Å². The van der Waals surface area contributed by atoms with Crippen molar-refractivity contribution in [3.05, 3.63) is 78.2 Å². The van der Waals surface area contributed by atoms with E-state index in [1.54, 1.807) is 0 Å². The van der Waals surface area contributed by atoms with Gasteiger partial charge in [0.25, 0.3) is 0 Å². The van der Waals surface area contributed by atoms with Crippen LogP contribution in [0.5, 0.6) is 0 Å². The van der Waals surface area contributed by atoms with Gasteiger partial charge in [0.05, 0.1) is 25.9 Å². The van der Waals surface area contributed by atoms with Crippen LogP contribution in [0.2, 0.25) is 0 Å². The number of quaternary nitrogens is 1. The van der Waals surface area contributed by atoms with Gasteiger partial charge in [-0.25, -0.2) is 0 Å². The van der Waals surface area contributed by atoms with E-state index in [9.17, 15) is 0 Å². The molecular formula is C30H52N2O2P+. The van der Waals surface area contributed by atoms with Crippen molar-refractivity contribution in [3.8, 4) is 0 Å². The number of nitrogens with two attached hydrogens (primary N) is 1. The van der Waals surface area contributed by atoms with E-state index >= 15 is 0 Å². The fraction of sp³-hybridized carbons (Fsp3) is 0.533. The molecule has 0 fully saturated rings. The third-order valence-electron chi connectivity index (χ3n) is 5.14. The minimum atomic E-state index is -0.765. The zero-order valence-corrected chi connectivity index (χ0v) is 24.5. The number of hydrogen-bond acceptors (Lipinski definition) is 3. The number of allylic oxidation sites excluding steroid dienone is 6. The summed E-state index contributed by atoms with van der Waals surface area (Å²) in [6, 6.07) is 10.2. The quantitative estimate of drug-likeness (QED) is 0.199. The molecule has 0 atom stereocenters. The molecule has 0 unspecified atom stereocenters. The molecule has 1 aliphatic rings. The van der Waals surface area contributed by atoms with Crippen LogP contribution in [0.1, 0.15) is 74.7 Å². The average molecular weight is 504 g/mol. The highest BCUT2D eigenvalue weighted by Gasteiger charge is 2.28. The van der Waals surface area contributed by atoms with Crippen molar-refractivity contribution in [2.24, 2.45) is 5.41 Å². The number of hydrogen-bond donors (Lipinski definition) is 2. The second-order valence-corrected chi connectivity index (χ2v) is 9.75. The highest BCUT2D eigenvalue weighted by Crippen LogP contribution is 2.38. The summed E-state index contributed by atoms with van der Waals surface area (Å²) < 4.78 is 11.5. The maximum absolute atomic E-state index is 5.75. The summed E-state index contributed by atoms with van der Waals surface area (Å²) in [5, 5.41) is 5.67. The second-order valence-electron chi connectivity index (χ2n) is 8.12. The van der Waals surface area contributed by atoms with E-state index in [0.29, 0.717) is 13.2 Å². The predicted octanol–water partition coefficient (Wildman–Crippen LogP) is 8.19. The first kappa shape index (κ1) is 33.3. The lowest BCUT2D eigenvalue weighted by atomic mass is 9.77. The monoisotopic (exact) mass is 503 g/mol. The summed E-state index contributed by atoms with van der Waals surface area (Å²) in [6.45, 7) is 19.2. The van der Waals surface area contributed by atoms with E-state index in [2.05, 4.69) is 67.0 Å². The summed E-state index contributed by atoms with van der Waals surface area (Å²) in [4.78, 5) is 0. The summed E-state index contributed by atoms with van der Waals surface area (Å²) in [6.07, 6.45) is 17.5. The van der Waals surface area contributed by atoms with Gasteiger partial charge in [-0.05, 0) is 62.8 Å². The number of rotatable bonds is 14. The number of benzene rings is 1. The molecule has 0 radical (unpaired) electrons. The first-order valence-corrected chi connectivity index (χ1v) is 14.8. The molecule has 0 heterocycles. The van der Waals surface area contributed by atoms with Gasteiger partial charge in [0.1, 0.15) is 5.70 Å². The fourth-order valence-electron chi connectivity index (χ4n) is 3.62. The Kier molecular flexibility index (Phi) is 20.5. The normalized spacial score (nSPS) is 13.6. The van der Waals surface area contributed by atoms with Gasteiger partial charge in [-0.2, -0.15) is 0 Å². The molecule has 2 rings (SSSR count). The zero-order valence-electron chi connectivity index (χ0n) is 23.6. The Balaban J connectivity index is 0.00000274. The summed E-state index contributed by atoms with van der Waals surface area (Å²) >= 11 is 0. The first-order chi connectivity index (χ1) is 17.1. The highest BCUT2D eigenvalue weighted by molar-refractivity contribution is 7.47. The smallest absolute Gasteiger partial charge is 0.176 e. The first-order valence-electron chi connectivity index (χ1n) is 13.5. The van der Waals surface area contributed by atoms with Crippen molar-refractivity contribution < 1.29 is 14.4 Å². The second kappa shape index (κ2) is 21.6. The van der Waals surface area contributed by atoms with Crippen LogP contribution in [-0.4, -0.2) is 25.9 Å². The van der Waals surface area contributed by atoms with Crippen LogP contribution < -0.4 is 10.6 Å². The molecule has 0 aliphatic heterocycles. The number of nitrogens with one attached hydrogen (secondary N) is 1. The molecule has 1 aliphatic carbocycles. The Morgan fingerprint density at radius 3 is 2.20 bits per heavy atom. The standard InChI is InChI=1S/C26H39N2O2P.2C2H6/c1-5-29-31(30-6-2)22-21-28-25-18-12-11-17-24(25)26(3,4)19-13-8-14-20-27-23-15-9-7-10-16-23;2*1-2/h7-10,13-18,20,27-28H,5-6,11-12,19,21-22H2,1-4H3;2*1-2H3/p+1/b13-8+,20-14+;;. The molecule has 1 aromatic carbocycles. The fourth-order valence-corrected chi connectivity index (χ4v) is 4.87. The molecule has 198 valence electrons. The van der Waals surface area contributed by atoms with Crippen molar-refractivity contribution in [1.82, 2.24) is 0 Å². The third-order valence-corrected chi connectivity index (χ3v) is 6.85. The van der Waals surface area contributed by atoms with Gasteiger partial charge in [-0.3, -0.25) is 0 Å². The maximum atomic E-state index is 5.75. The predicted molar refractivity (Wildman–Crippen MR) is 157 cm³/mol. The van der Waals surface area contributed by atoms with E-state index in [0.717, 1.165) is 37.7 Å². The van der Waals surface area contributed by atoms with Gasteiger partial charge in [0.15, 0.2) is 8.38 Å². The van der Waals surface area contributed by atoms with Gasteiger partial charge in [0, 0.05) is 17.5 Å². The van der Waals surface area contributed by atoms with Crippen molar-refractivity contribution in [1.29, 1.82) is 0 Å². The van der Waals surface area contributed by atoms with Crippen LogP contribution in [0.15, 0.2) is 78.2 Å². The molecule has 35 heavy (non-hydrogen) atoms. The van der Waals surface area contributed by atoms with Crippen molar-refractivity contribution >= 4 is 14.1 Å². The molecule has 0 bridgehead atoms. The molecule has 4 nitrogen and oxygen atoms in total. The largest absolute Gasteiger partial charge is 0.362 e. The van der Waals surface area contributed by atoms with E-state index in [1.165, 1.54) is 11.3 Å². The third kappa shape index (κ3) is 14.4. The SMILES string of the molecule is CC.CC.CCOP(CC[NH2+]C1=CCCC=C1C(C)(C)C/C=C/C=C/Nc1ccccc1)OCC. The summed E-state index contributed by atoms with van der Waals surface area (Å²) in [5.74, 6) is 0. The van der Waals surface area contributed by atoms with Crippen LogP contribution >= 0.6 is 8.38 Å². The minimum Gasteiger partial charge on any atom is -0.362 e. The maximum Gasteiger partial charge on any atom is 0.176 e. The van der Waals surface area contributed by atoms with Gasteiger partial charge in [-0.1, -0.05) is 78.0 Å². The Bertz CT molecular complexity index is 749. The van der Waals surface area contributed by atoms with E-state index in [1.807, 2.05) is 65.9 Å². The molecule has 1 aromatic rings. The number of anilines is 1. The molecule has 0 aromatic heterocycles. The molecule has 0 saturated heterocycles. The molecule has 5 heteroatoms.